The highest BCUT2D eigenvalue weighted by Gasteiger charge is 2.15. The first-order valence-corrected chi connectivity index (χ1v) is 8.05. The number of rotatable bonds is 6. The largest absolute Gasteiger partial charge is 0.308 e. The first-order chi connectivity index (χ1) is 10.4. The Morgan fingerprint density at radius 3 is 2.90 bits per heavy atom. The van der Waals surface area contributed by atoms with E-state index in [9.17, 15) is 0 Å². The van der Waals surface area contributed by atoms with Gasteiger partial charge in [-0.2, -0.15) is 0 Å². The Kier molecular flexibility index (Phi) is 4.52. The highest BCUT2D eigenvalue weighted by Crippen LogP contribution is 2.19. The van der Waals surface area contributed by atoms with Gasteiger partial charge in [0.25, 0.3) is 0 Å². The minimum Gasteiger partial charge on any atom is -0.308 e. The van der Waals surface area contributed by atoms with Gasteiger partial charge in [0, 0.05) is 22.9 Å². The van der Waals surface area contributed by atoms with Crippen LogP contribution < -0.4 is 5.32 Å². The summed E-state index contributed by atoms with van der Waals surface area (Å²) >= 11 is 1.39. The molecule has 1 N–H and O–H groups in total. The number of nitrogens with one attached hydrogen (secondary N) is 1. The van der Waals surface area contributed by atoms with Crippen LogP contribution in [0.1, 0.15) is 30.8 Å². The molecule has 2 aromatic heterocycles. The monoisotopic (exact) mass is 298 g/mol. The van der Waals surface area contributed by atoms with Crippen molar-refractivity contribution in [3.05, 3.63) is 53.2 Å². The first-order valence-electron chi connectivity index (χ1n) is 7.22. The molecule has 0 radical (unpaired) electrons. The van der Waals surface area contributed by atoms with Crippen molar-refractivity contribution in [2.45, 2.75) is 25.8 Å². The summed E-state index contributed by atoms with van der Waals surface area (Å²) in [5.74, 6) is 0. The maximum atomic E-state index is 4.75. The second-order valence-corrected chi connectivity index (χ2v) is 5.65. The molecule has 0 saturated carbocycles. The molecule has 108 valence electrons. The molecule has 3 aromatic rings. The molecule has 2 heterocycles. The smallest absolute Gasteiger partial charge is 0.0928 e. The van der Waals surface area contributed by atoms with Crippen LogP contribution >= 0.6 is 11.5 Å². The van der Waals surface area contributed by atoms with Gasteiger partial charge in [-0.1, -0.05) is 35.7 Å². The van der Waals surface area contributed by atoms with Crippen LogP contribution in [0.3, 0.4) is 0 Å². The summed E-state index contributed by atoms with van der Waals surface area (Å²) in [4.78, 5) is 4.75. The van der Waals surface area contributed by atoms with Gasteiger partial charge in [0.05, 0.1) is 17.3 Å². The molecule has 0 aliphatic rings. The standard InChI is InChI=1S/C16H18N4S/c1-2-9-17-15(16-11-21-20-19-16)10-13-8-7-12-5-3-4-6-14(12)18-13/h3-8,11,15,17H,2,9-10H2,1H3. The van der Waals surface area contributed by atoms with Gasteiger partial charge in [0.2, 0.25) is 0 Å². The van der Waals surface area contributed by atoms with Gasteiger partial charge in [0.1, 0.15) is 0 Å². The van der Waals surface area contributed by atoms with E-state index in [4.69, 9.17) is 4.98 Å². The lowest BCUT2D eigenvalue weighted by Crippen LogP contribution is -2.24. The predicted molar refractivity (Wildman–Crippen MR) is 86.4 cm³/mol. The summed E-state index contributed by atoms with van der Waals surface area (Å²) in [6.07, 6.45) is 1.93. The molecule has 3 rings (SSSR count). The van der Waals surface area contributed by atoms with Crippen molar-refractivity contribution in [2.75, 3.05) is 6.54 Å². The van der Waals surface area contributed by atoms with Crippen molar-refractivity contribution in [3.8, 4) is 0 Å². The van der Waals surface area contributed by atoms with Crippen LogP contribution in [0.25, 0.3) is 10.9 Å². The molecule has 0 spiro atoms. The molecule has 1 aromatic carbocycles. The maximum absolute atomic E-state index is 4.75. The third-order valence-electron chi connectivity index (χ3n) is 3.44. The predicted octanol–water partition coefficient (Wildman–Crippen LogP) is 3.37. The average molecular weight is 298 g/mol. The quantitative estimate of drug-likeness (QED) is 0.758. The summed E-state index contributed by atoms with van der Waals surface area (Å²) in [7, 11) is 0. The number of benzene rings is 1. The second-order valence-electron chi connectivity index (χ2n) is 5.04. The second kappa shape index (κ2) is 6.74. The fourth-order valence-corrected chi connectivity index (χ4v) is 2.86. The van der Waals surface area contributed by atoms with E-state index in [-0.39, 0.29) is 6.04 Å². The van der Waals surface area contributed by atoms with E-state index in [2.05, 4.69) is 46.1 Å². The number of nitrogens with zero attached hydrogens (tertiary/aromatic N) is 3. The third kappa shape index (κ3) is 3.43. The highest BCUT2D eigenvalue weighted by molar-refractivity contribution is 7.03. The molecule has 0 saturated heterocycles. The lowest BCUT2D eigenvalue weighted by Gasteiger charge is -2.15. The first kappa shape index (κ1) is 14.1. The summed E-state index contributed by atoms with van der Waals surface area (Å²) in [6.45, 7) is 3.13. The molecular weight excluding hydrogens is 280 g/mol. The minimum atomic E-state index is 0.178. The molecule has 21 heavy (non-hydrogen) atoms. The van der Waals surface area contributed by atoms with E-state index in [0.717, 1.165) is 36.3 Å². The van der Waals surface area contributed by atoms with E-state index in [0.29, 0.717) is 0 Å². The fraction of sp³-hybridized carbons (Fsp3) is 0.312. The van der Waals surface area contributed by atoms with Crippen molar-refractivity contribution in [2.24, 2.45) is 0 Å². The Balaban J connectivity index is 1.83. The van der Waals surface area contributed by atoms with Gasteiger partial charge in [-0.25, -0.2) is 0 Å². The average Bonchev–Trinajstić information content (AvgIpc) is 3.05. The highest BCUT2D eigenvalue weighted by atomic mass is 32.1. The number of para-hydroxylation sites is 1. The lowest BCUT2D eigenvalue weighted by atomic mass is 10.1. The van der Waals surface area contributed by atoms with E-state index < -0.39 is 0 Å². The van der Waals surface area contributed by atoms with E-state index in [1.807, 2.05) is 17.5 Å². The SMILES string of the molecule is CCCNC(Cc1ccc2ccccc2n1)c1csnn1. The number of fused-ring (bicyclic) bond motifs is 1. The number of aromatic nitrogens is 3. The van der Waals surface area contributed by atoms with Gasteiger partial charge in [-0.05, 0) is 36.6 Å². The molecule has 0 fully saturated rings. The van der Waals surface area contributed by atoms with Crippen molar-refractivity contribution in [3.63, 3.8) is 0 Å². The van der Waals surface area contributed by atoms with Crippen LogP contribution in [-0.4, -0.2) is 21.1 Å². The summed E-state index contributed by atoms with van der Waals surface area (Å²) in [5, 5.41) is 10.9. The molecular formula is C16H18N4S. The Hall–Kier alpha value is -1.85. The Morgan fingerprint density at radius 2 is 2.10 bits per heavy atom. The zero-order chi connectivity index (χ0) is 14.5. The van der Waals surface area contributed by atoms with Crippen LogP contribution in [0.4, 0.5) is 0 Å². The van der Waals surface area contributed by atoms with Gasteiger partial charge < -0.3 is 5.32 Å². The third-order valence-corrected chi connectivity index (χ3v) is 3.97. The van der Waals surface area contributed by atoms with Crippen LogP contribution in [0.15, 0.2) is 41.8 Å². The molecule has 0 aliphatic carbocycles. The molecule has 0 amide bonds. The normalized spacial score (nSPS) is 12.6. The Morgan fingerprint density at radius 1 is 1.19 bits per heavy atom. The molecule has 4 nitrogen and oxygen atoms in total. The topological polar surface area (TPSA) is 50.7 Å². The molecule has 0 bridgehead atoms. The lowest BCUT2D eigenvalue weighted by molar-refractivity contribution is 0.513. The van der Waals surface area contributed by atoms with Crippen LogP contribution in [-0.2, 0) is 6.42 Å². The van der Waals surface area contributed by atoms with Gasteiger partial charge in [-0.3, -0.25) is 4.98 Å². The minimum absolute atomic E-state index is 0.178. The van der Waals surface area contributed by atoms with Crippen molar-refractivity contribution < 1.29 is 0 Å². The zero-order valence-electron chi connectivity index (χ0n) is 12.0. The molecule has 0 aliphatic heterocycles. The van der Waals surface area contributed by atoms with Crippen molar-refractivity contribution >= 4 is 22.4 Å². The number of pyridine rings is 1. The van der Waals surface area contributed by atoms with Crippen LogP contribution in [0, 0.1) is 0 Å². The fourth-order valence-electron chi connectivity index (χ4n) is 2.35. The van der Waals surface area contributed by atoms with Gasteiger partial charge in [0.15, 0.2) is 0 Å². The summed E-state index contributed by atoms with van der Waals surface area (Å²) in [5.41, 5.74) is 3.12. The maximum Gasteiger partial charge on any atom is 0.0928 e. The van der Waals surface area contributed by atoms with Crippen LogP contribution in [0.2, 0.25) is 0 Å². The summed E-state index contributed by atoms with van der Waals surface area (Å²) < 4.78 is 3.97. The molecule has 1 atom stereocenters. The van der Waals surface area contributed by atoms with E-state index in [1.54, 1.807) is 0 Å². The van der Waals surface area contributed by atoms with E-state index in [1.165, 1.54) is 16.9 Å². The molecule has 5 heteroatoms. The molecule has 1 unspecified atom stereocenters. The Bertz CT molecular complexity index is 696. The van der Waals surface area contributed by atoms with Gasteiger partial charge >= 0.3 is 0 Å². The zero-order valence-corrected chi connectivity index (χ0v) is 12.8. The van der Waals surface area contributed by atoms with Crippen LogP contribution in [0.5, 0.6) is 0 Å². The van der Waals surface area contributed by atoms with E-state index >= 15 is 0 Å². The Labute approximate surface area is 128 Å². The van der Waals surface area contributed by atoms with Crippen molar-refractivity contribution in [1.29, 1.82) is 0 Å². The number of hydrogen-bond donors (Lipinski definition) is 1. The van der Waals surface area contributed by atoms with Crippen molar-refractivity contribution in [1.82, 2.24) is 19.9 Å². The summed E-state index contributed by atoms with van der Waals surface area (Å²) in [6, 6.07) is 12.6. The number of hydrogen-bond acceptors (Lipinski definition) is 5. The van der Waals surface area contributed by atoms with Gasteiger partial charge in [-0.15, -0.1) is 5.10 Å².